The zero-order valence-electron chi connectivity index (χ0n) is 23.8. The molecule has 0 heterocycles. The summed E-state index contributed by atoms with van der Waals surface area (Å²) in [5.74, 6) is -0.628. The van der Waals surface area contributed by atoms with Gasteiger partial charge in [-0.05, 0) is 66.4 Å². The number of amides is 1. The third-order valence-corrected chi connectivity index (χ3v) is 8.96. The van der Waals surface area contributed by atoms with Crippen molar-refractivity contribution in [2.24, 2.45) is 10.2 Å². The molecule has 5 aromatic rings. The van der Waals surface area contributed by atoms with Crippen molar-refractivity contribution in [1.82, 2.24) is 0 Å². The van der Waals surface area contributed by atoms with Crippen molar-refractivity contribution < 1.29 is 36.0 Å². The third kappa shape index (κ3) is 6.77. The summed E-state index contributed by atoms with van der Waals surface area (Å²) >= 11 is 0. The Hall–Kier alpha value is -5.31. The average molecular weight is 647 g/mol. The van der Waals surface area contributed by atoms with Gasteiger partial charge in [-0.15, -0.1) is 5.11 Å². The molecule has 12 nitrogen and oxygen atoms in total. The highest BCUT2D eigenvalue weighted by atomic mass is 32.2. The lowest BCUT2D eigenvalue weighted by Crippen LogP contribution is -2.13. The number of benzene rings is 5. The number of aromatic hydroxyl groups is 1. The Balaban J connectivity index is 1.51. The Labute approximate surface area is 258 Å². The number of hydrogen-bond donors (Lipinski definition) is 4. The van der Waals surface area contributed by atoms with E-state index in [9.17, 15) is 31.3 Å². The number of nitrogens with zero attached hydrogens (tertiary/aromatic N) is 2. The number of rotatable bonds is 9. The molecule has 0 saturated heterocycles. The summed E-state index contributed by atoms with van der Waals surface area (Å²) in [5, 5.41) is 23.5. The minimum Gasteiger partial charge on any atom is -0.505 e. The van der Waals surface area contributed by atoms with Crippen LogP contribution in [0, 0.1) is 6.92 Å². The highest BCUT2D eigenvalue weighted by Crippen LogP contribution is 2.40. The molecule has 0 unspecified atom stereocenters. The van der Waals surface area contributed by atoms with Crippen LogP contribution >= 0.6 is 0 Å². The van der Waals surface area contributed by atoms with Crippen molar-refractivity contribution >= 4 is 59.6 Å². The second-order valence-electron chi connectivity index (χ2n) is 9.75. The zero-order chi connectivity index (χ0) is 32.4. The molecule has 0 aromatic heterocycles. The normalized spacial score (nSPS) is 11.9. The van der Waals surface area contributed by atoms with Gasteiger partial charge in [-0.2, -0.15) is 13.5 Å². The fourth-order valence-corrected chi connectivity index (χ4v) is 6.03. The maximum atomic E-state index is 13.3. The summed E-state index contributed by atoms with van der Waals surface area (Å²) in [4.78, 5) is 12.6. The molecule has 0 bridgehead atoms. The van der Waals surface area contributed by atoms with Gasteiger partial charge >= 0.3 is 0 Å². The van der Waals surface area contributed by atoms with Crippen LogP contribution in [0.15, 0.2) is 117 Å². The number of phenolic OH excluding ortho intramolecular Hbond substituents is 1. The molecule has 0 atom stereocenters. The number of sulfonamides is 1. The molecule has 14 heteroatoms. The summed E-state index contributed by atoms with van der Waals surface area (Å²) in [6.45, 7) is 1.68. The summed E-state index contributed by atoms with van der Waals surface area (Å²) in [6, 6.07) is 24.1. The van der Waals surface area contributed by atoms with Crippen molar-refractivity contribution in [1.29, 1.82) is 0 Å². The number of nitrogens with one attached hydrogen (secondary N) is 2. The number of phenols is 1. The second kappa shape index (κ2) is 12.4. The number of anilines is 2. The molecule has 0 aliphatic heterocycles. The molecule has 0 saturated carbocycles. The van der Waals surface area contributed by atoms with E-state index < -0.39 is 36.7 Å². The van der Waals surface area contributed by atoms with E-state index in [-0.39, 0.29) is 27.5 Å². The first-order valence-corrected chi connectivity index (χ1v) is 16.1. The van der Waals surface area contributed by atoms with Crippen LogP contribution in [0.5, 0.6) is 11.5 Å². The highest BCUT2D eigenvalue weighted by Gasteiger charge is 2.21. The van der Waals surface area contributed by atoms with Crippen LogP contribution in [0.3, 0.4) is 0 Å². The summed E-state index contributed by atoms with van der Waals surface area (Å²) in [5.41, 5.74) is 0.932. The molecule has 0 radical (unpaired) electrons. The van der Waals surface area contributed by atoms with E-state index in [1.807, 2.05) is 0 Å². The first kappa shape index (κ1) is 31.1. The molecule has 230 valence electrons. The number of ether oxygens (including phenoxy) is 1. The monoisotopic (exact) mass is 646 g/mol. The van der Waals surface area contributed by atoms with Crippen molar-refractivity contribution in [2.75, 3.05) is 17.1 Å². The van der Waals surface area contributed by atoms with E-state index in [0.29, 0.717) is 27.8 Å². The van der Waals surface area contributed by atoms with E-state index >= 15 is 0 Å². The van der Waals surface area contributed by atoms with Crippen LogP contribution in [0.4, 0.5) is 22.7 Å². The SMILES string of the molecule is COc1ccccc1NC(=O)c1cc2ccccc2c(N=Nc2cc(S(=O)(=O)Nc3cccc(S(=O)(=O)O)c3)ccc2C)c1O. The maximum Gasteiger partial charge on any atom is 0.294 e. The number of azo groups is 1. The van der Waals surface area contributed by atoms with Gasteiger partial charge in [0.25, 0.3) is 26.0 Å². The molecule has 4 N–H and O–H groups in total. The fraction of sp³-hybridized carbons (Fsp3) is 0.0645. The van der Waals surface area contributed by atoms with E-state index in [1.54, 1.807) is 55.5 Å². The van der Waals surface area contributed by atoms with Crippen molar-refractivity contribution in [3.8, 4) is 11.5 Å². The van der Waals surface area contributed by atoms with Crippen molar-refractivity contribution in [2.45, 2.75) is 16.7 Å². The highest BCUT2D eigenvalue weighted by molar-refractivity contribution is 7.92. The summed E-state index contributed by atoms with van der Waals surface area (Å²) in [7, 11) is -7.32. The molecule has 0 aliphatic carbocycles. The number of carbonyl (C=O) groups is 1. The molecule has 5 aromatic carbocycles. The fourth-order valence-electron chi connectivity index (χ4n) is 4.43. The van der Waals surface area contributed by atoms with Crippen LogP contribution in [-0.4, -0.2) is 39.5 Å². The number of methoxy groups -OCH3 is 1. The molecule has 0 spiro atoms. The molecular weight excluding hydrogens is 620 g/mol. The quantitative estimate of drug-likeness (QED) is 0.102. The van der Waals surface area contributed by atoms with E-state index in [4.69, 9.17) is 4.74 Å². The largest absolute Gasteiger partial charge is 0.505 e. The lowest BCUT2D eigenvalue weighted by molar-refractivity contribution is 0.102. The topological polar surface area (TPSA) is 184 Å². The van der Waals surface area contributed by atoms with Crippen LogP contribution < -0.4 is 14.8 Å². The number of fused-ring (bicyclic) bond motifs is 1. The smallest absolute Gasteiger partial charge is 0.294 e. The predicted molar refractivity (Wildman–Crippen MR) is 169 cm³/mol. The predicted octanol–water partition coefficient (Wildman–Crippen LogP) is 6.58. The molecular formula is C31H26N4O8S2. The lowest BCUT2D eigenvalue weighted by Gasteiger charge is -2.13. The minimum absolute atomic E-state index is 0.00825. The molecule has 5 rings (SSSR count). The van der Waals surface area contributed by atoms with Gasteiger partial charge in [0.05, 0.1) is 39.5 Å². The van der Waals surface area contributed by atoms with Gasteiger partial charge < -0.3 is 15.2 Å². The third-order valence-electron chi connectivity index (χ3n) is 6.73. The van der Waals surface area contributed by atoms with E-state index in [0.717, 1.165) is 12.1 Å². The Bertz CT molecular complexity index is 2200. The van der Waals surface area contributed by atoms with Gasteiger partial charge in [0.1, 0.15) is 11.4 Å². The molecule has 0 fully saturated rings. The van der Waals surface area contributed by atoms with Gasteiger partial charge in [0.15, 0.2) is 5.75 Å². The average Bonchev–Trinajstić information content (AvgIpc) is 3.00. The first-order chi connectivity index (χ1) is 21.4. The minimum atomic E-state index is -4.55. The zero-order valence-corrected chi connectivity index (χ0v) is 25.4. The molecule has 0 aliphatic rings. The number of para-hydroxylation sites is 2. The number of aryl methyl sites for hydroxylation is 1. The van der Waals surface area contributed by atoms with Gasteiger partial charge in [-0.3, -0.25) is 14.1 Å². The van der Waals surface area contributed by atoms with E-state index in [2.05, 4.69) is 20.3 Å². The molecule has 1 amide bonds. The van der Waals surface area contributed by atoms with Gasteiger partial charge in [-0.1, -0.05) is 48.5 Å². The van der Waals surface area contributed by atoms with Crippen molar-refractivity contribution in [3.63, 3.8) is 0 Å². The van der Waals surface area contributed by atoms with Gasteiger partial charge in [0, 0.05) is 5.39 Å². The Morgan fingerprint density at radius 1 is 0.822 bits per heavy atom. The standard InChI is InChI=1S/C31H26N4O8S2/c1-19-14-15-22(44(38,39)35-21-9-7-10-23(17-21)45(40,41)42)18-27(19)33-34-29-24-11-4-3-8-20(24)16-25(30(29)36)31(37)32-26-12-5-6-13-28(26)43-2/h3-18,35-36H,1-2H3,(H,32,37)(H,40,41,42). The van der Waals surface area contributed by atoms with Crippen LogP contribution in [0.1, 0.15) is 15.9 Å². The van der Waals surface area contributed by atoms with Crippen LogP contribution in [0.25, 0.3) is 10.8 Å². The lowest BCUT2D eigenvalue weighted by atomic mass is 10.0. The Morgan fingerprint density at radius 3 is 2.31 bits per heavy atom. The Morgan fingerprint density at radius 2 is 1.56 bits per heavy atom. The summed E-state index contributed by atoms with van der Waals surface area (Å²) < 4.78 is 66.1. The first-order valence-electron chi connectivity index (χ1n) is 13.2. The van der Waals surface area contributed by atoms with Crippen molar-refractivity contribution in [3.05, 3.63) is 108 Å². The van der Waals surface area contributed by atoms with Gasteiger partial charge in [-0.25, -0.2) is 8.42 Å². The molecule has 45 heavy (non-hydrogen) atoms. The number of hydrogen-bond acceptors (Lipinski definition) is 9. The summed E-state index contributed by atoms with van der Waals surface area (Å²) in [6.07, 6.45) is 0. The van der Waals surface area contributed by atoms with Crippen LogP contribution in [0.2, 0.25) is 0 Å². The maximum absolute atomic E-state index is 13.3. The number of carbonyl (C=O) groups excluding carboxylic acids is 1. The second-order valence-corrected chi connectivity index (χ2v) is 12.9. The van der Waals surface area contributed by atoms with Crippen LogP contribution in [-0.2, 0) is 20.1 Å². The Kier molecular flexibility index (Phi) is 8.55. The van der Waals surface area contributed by atoms with Gasteiger partial charge in [0.2, 0.25) is 0 Å². The van der Waals surface area contributed by atoms with E-state index in [1.165, 1.54) is 43.5 Å².